The molecule has 5 aromatic rings. The Labute approximate surface area is 194 Å². The summed E-state index contributed by atoms with van der Waals surface area (Å²) in [5.74, 6) is 1.62. The van der Waals surface area contributed by atoms with Crippen LogP contribution in [0.1, 0.15) is 5.56 Å². The molecule has 0 aliphatic rings. The number of hydrogen-bond acceptors (Lipinski definition) is 9. The molecule has 8 nitrogen and oxygen atoms in total. The first-order valence-electron chi connectivity index (χ1n) is 10.4. The summed E-state index contributed by atoms with van der Waals surface area (Å²) in [4.78, 5) is 13.2. The highest BCUT2D eigenvalue weighted by Crippen LogP contribution is 2.29. The van der Waals surface area contributed by atoms with Crippen LogP contribution in [-0.2, 0) is 6.42 Å². The van der Waals surface area contributed by atoms with Crippen LogP contribution in [0.3, 0.4) is 0 Å². The summed E-state index contributed by atoms with van der Waals surface area (Å²) in [6.07, 6.45) is 4.14. The molecule has 5 rings (SSSR count). The van der Waals surface area contributed by atoms with E-state index < -0.39 is 0 Å². The third-order valence-corrected chi connectivity index (χ3v) is 6.09. The van der Waals surface area contributed by atoms with Crippen LogP contribution in [0, 0.1) is 0 Å². The summed E-state index contributed by atoms with van der Waals surface area (Å²) in [6, 6.07) is 17.9. The molecule has 0 amide bonds. The Balaban J connectivity index is 1.30. The maximum atomic E-state index is 5.68. The summed E-state index contributed by atoms with van der Waals surface area (Å²) in [5, 5.41) is 13.7. The van der Waals surface area contributed by atoms with E-state index >= 15 is 0 Å². The van der Waals surface area contributed by atoms with Gasteiger partial charge in [0.2, 0.25) is 5.13 Å². The lowest BCUT2D eigenvalue weighted by molar-refractivity contribution is 0.411. The number of nitrogens with zero attached hydrogens (tertiary/aromatic N) is 5. The number of nitrogens with one attached hydrogen (secondary N) is 1. The number of rotatable bonds is 7. The van der Waals surface area contributed by atoms with Gasteiger partial charge in [-0.15, -0.1) is 10.2 Å². The molecule has 33 heavy (non-hydrogen) atoms. The van der Waals surface area contributed by atoms with Crippen molar-refractivity contribution in [3.05, 3.63) is 72.7 Å². The fourth-order valence-electron chi connectivity index (χ4n) is 3.70. The molecular weight excluding hydrogens is 434 g/mol. The second-order valence-corrected chi connectivity index (χ2v) is 8.31. The van der Waals surface area contributed by atoms with Crippen molar-refractivity contribution in [1.29, 1.82) is 0 Å². The zero-order chi connectivity index (χ0) is 22.6. The monoisotopic (exact) mass is 455 g/mol. The van der Waals surface area contributed by atoms with Crippen LogP contribution in [0.25, 0.3) is 32.7 Å². The van der Waals surface area contributed by atoms with Crippen molar-refractivity contribution in [3.8, 4) is 27.6 Å². The van der Waals surface area contributed by atoms with Gasteiger partial charge in [-0.3, -0.25) is 4.98 Å². The second-order valence-electron chi connectivity index (χ2n) is 7.30. The van der Waals surface area contributed by atoms with Gasteiger partial charge in [0.1, 0.15) is 22.9 Å². The van der Waals surface area contributed by atoms with Gasteiger partial charge < -0.3 is 15.8 Å². The molecule has 3 aromatic heterocycles. The number of benzene rings is 2. The highest BCUT2D eigenvalue weighted by atomic mass is 32.1. The molecule has 0 radical (unpaired) electrons. The van der Waals surface area contributed by atoms with Crippen LogP contribution in [0.4, 0.5) is 10.9 Å². The number of fused-ring (bicyclic) bond motifs is 1. The third kappa shape index (κ3) is 4.44. The highest BCUT2D eigenvalue weighted by molar-refractivity contribution is 7.18. The Bertz CT molecular complexity index is 1400. The van der Waals surface area contributed by atoms with E-state index in [1.807, 2.05) is 48.5 Å². The molecule has 0 unspecified atom stereocenters. The standard InChI is InChI=1S/C24H21N7OS/c1-32-21-9-8-19-17(3-2-11-26-19)18(21)10-12-27-22-13-20(28-14-29-22)15-4-6-16(7-5-15)23-30-31-24(25)33-23/h2-9,11,13-14H,10,12H2,1H3,(H2,25,31)(H,27,28,29). The van der Waals surface area contributed by atoms with Gasteiger partial charge in [-0.2, -0.15) is 0 Å². The van der Waals surface area contributed by atoms with E-state index in [2.05, 4.69) is 36.5 Å². The number of methoxy groups -OCH3 is 1. The van der Waals surface area contributed by atoms with Crippen LogP contribution >= 0.6 is 11.3 Å². The number of nitrogens with two attached hydrogens (primary N) is 1. The minimum atomic E-state index is 0.456. The summed E-state index contributed by atoms with van der Waals surface area (Å²) >= 11 is 1.36. The van der Waals surface area contributed by atoms with Crippen molar-refractivity contribution in [2.24, 2.45) is 0 Å². The van der Waals surface area contributed by atoms with Crippen LogP contribution < -0.4 is 15.8 Å². The molecule has 0 aliphatic heterocycles. The van der Waals surface area contributed by atoms with Crippen LogP contribution in [0.5, 0.6) is 5.75 Å². The number of anilines is 2. The largest absolute Gasteiger partial charge is 0.496 e. The average molecular weight is 456 g/mol. The minimum absolute atomic E-state index is 0.456. The van der Waals surface area contributed by atoms with Gasteiger partial charge in [0.25, 0.3) is 0 Å². The van der Waals surface area contributed by atoms with Gasteiger partial charge in [-0.1, -0.05) is 41.7 Å². The quantitative estimate of drug-likeness (QED) is 0.370. The normalized spacial score (nSPS) is 10.9. The van der Waals surface area contributed by atoms with E-state index in [-0.39, 0.29) is 0 Å². The van der Waals surface area contributed by atoms with E-state index in [0.29, 0.717) is 11.7 Å². The molecule has 2 aromatic carbocycles. The van der Waals surface area contributed by atoms with Gasteiger partial charge in [0, 0.05) is 40.9 Å². The van der Waals surface area contributed by atoms with E-state index in [1.165, 1.54) is 11.3 Å². The van der Waals surface area contributed by atoms with E-state index in [9.17, 15) is 0 Å². The Hall–Kier alpha value is -4.11. The maximum Gasteiger partial charge on any atom is 0.203 e. The van der Waals surface area contributed by atoms with E-state index in [1.54, 1.807) is 19.6 Å². The summed E-state index contributed by atoms with van der Waals surface area (Å²) in [5.41, 5.74) is 10.6. The molecule has 0 saturated heterocycles. The zero-order valence-electron chi connectivity index (χ0n) is 17.9. The predicted molar refractivity (Wildman–Crippen MR) is 131 cm³/mol. The van der Waals surface area contributed by atoms with Crippen LogP contribution in [0.15, 0.2) is 67.1 Å². The number of nitrogen functional groups attached to an aromatic ring is 1. The van der Waals surface area contributed by atoms with Gasteiger partial charge in [-0.25, -0.2) is 9.97 Å². The first-order chi connectivity index (χ1) is 16.2. The minimum Gasteiger partial charge on any atom is -0.496 e. The number of pyridine rings is 1. The highest BCUT2D eigenvalue weighted by Gasteiger charge is 2.10. The van der Waals surface area contributed by atoms with Crippen molar-refractivity contribution >= 4 is 33.2 Å². The Morgan fingerprint density at radius 3 is 2.61 bits per heavy atom. The molecular formula is C24H21N7OS. The van der Waals surface area contributed by atoms with Gasteiger partial charge >= 0.3 is 0 Å². The Kier molecular flexibility index (Phi) is 5.77. The molecule has 0 saturated carbocycles. The smallest absolute Gasteiger partial charge is 0.203 e. The van der Waals surface area contributed by atoms with Crippen molar-refractivity contribution in [1.82, 2.24) is 25.1 Å². The number of ether oxygens (including phenoxy) is 1. The summed E-state index contributed by atoms with van der Waals surface area (Å²) in [7, 11) is 1.69. The topological polar surface area (TPSA) is 112 Å². The predicted octanol–water partition coefficient (Wildman–Crippen LogP) is 4.46. The van der Waals surface area contributed by atoms with Crippen LogP contribution in [0.2, 0.25) is 0 Å². The van der Waals surface area contributed by atoms with Gasteiger partial charge in [0.05, 0.1) is 18.3 Å². The average Bonchev–Trinajstić information content (AvgIpc) is 3.30. The molecule has 0 spiro atoms. The maximum absolute atomic E-state index is 5.68. The Morgan fingerprint density at radius 1 is 0.970 bits per heavy atom. The van der Waals surface area contributed by atoms with Crippen molar-refractivity contribution in [2.45, 2.75) is 6.42 Å². The zero-order valence-corrected chi connectivity index (χ0v) is 18.7. The lowest BCUT2D eigenvalue weighted by Crippen LogP contribution is -2.08. The fourth-order valence-corrected chi connectivity index (χ4v) is 4.32. The second kappa shape index (κ2) is 9.17. The molecule has 3 N–H and O–H groups in total. The molecule has 164 valence electrons. The fraction of sp³-hybridized carbons (Fsp3) is 0.125. The van der Waals surface area contributed by atoms with Gasteiger partial charge in [0.15, 0.2) is 0 Å². The first-order valence-corrected chi connectivity index (χ1v) is 11.2. The molecule has 0 aliphatic carbocycles. The molecule has 9 heteroatoms. The Morgan fingerprint density at radius 2 is 1.82 bits per heavy atom. The van der Waals surface area contributed by atoms with Crippen molar-refractivity contribution in [2.75, 3.05) is 24.7 Å². The lowest BCUT2D eigenvalue weighted by atomic mass is 10.0. The summed E-state index contributed by atoms with van der Waals surface area (Å²) < 4.78 is 5.58. The molecule has 0 fully saturated rings. The first kappa shape index (κ1) is 20.8. The molecule has 3 heterocycles. The lowest BCUT2D eigenvalue weighted by Gasteiger charge is -2.13. The summed E-state index contributed by atoms with van der Waals surface area (Å²) in [6.45, 7) is 0.693. The van der Waals surface area contributed by atoms with Crippen molar-refractivity contribution < 1.29 is 4.74 Å². The van der Waals surface area contributed by atoms with Crippen LogP contribution in [-0.4, -0.2) is 38.8 Å². The molecule has 0 bridgehead atoms. The molecule has 0 atom stereocenters. The third-order valence-electron chi connectivity index (χ3n) is 5.29. The van der Waals surface area contributed by atoms with E-state index in [0.717, 1.165) is 56.3 Å². The number of hydrogen-bond donors (Lipinski definition) is 2. The van der Waals surface area contributed by atoms with Crippen molar-refractivity contribution in [3.63, 3.8) is 0 Å². The number of aromatic nitrogens is 5. The van der Waals surface area contributed by atoms with E-state index in [4.69, 9.17) is 10.5 Å². The van der Waals surface area contributed by atoms with Gasteiger partial charge in [-0.05, 0) is 24.6 Å². The SMILES string of the molecule is COc1ccc2ncccc2c1CCNc1cc(-c2ccc(-c3nnc(N)s3)cc2)ncn1.